The molecule has 0 atom stereocenters. The molecule has 5 rings (SSSR count). The standard InChI is InChI=1S/C26H28F3N7O2/c1-31-19-10-11-35(13-18(19)23(30)22-24(15-4-5-15)32-14-33-25(22)38-3)16-6-8-17(9-7-16)36-21(37-2)12-20(34-36)26(27,28)29/h6-9,12,14-15H,4-5,10-11,13,30H2,1-3H3/b23-18-,31-19?. The molecule has 2 aromatic heterocycles. The van der Waals surface area contributed by atoms with Crippen LogP contribution < -0.4 is 20.1 Å². The third kappa shape index (κ3) is 4.77. The lowest BCUT2D eigenvalue weighted by Crippen LogP contribution is -2.37. The number of alkyl halides is 3. The average Bonchev–Trinajstić information content (AvgIpc) is 3.68. The number of benzene rings is 1. The van der Waals surface area contributed by atoms with Crippen molar-refractivity contribution in [2.24, 2.45) is 10.7 Å². The molecular formula is C26H28F3N7O2. The van der Waals surface area contributed by atoms with E-state index in [1.807, 2.05) is 12.1 Å². The highest BCUT2D eigenvalue weighted by Crippen LogP contribution is 2.44. The van der Waals surface area contributed by atoms with Gasteiger partial charge >= 0.3 is 6.18 Å². The van der Waals surface area contributed by atoms with Crippen molar-refractivity contribution in [1.29, 1.82) is 0 Å². The molecule has 9 nitrogen and oxygen atoms in total. The number of hydrogen-bond acceptors (Lipinski definition) is 8. The number of hydrogen-bond donors (Lipinski definition) is 1. The van der Waals surface area contributed by atoms with Crippen LogP contribution in [0.2, 0.25) is 0 Å². The van der Waals surface area contributed by atoms with Crippen LogP contribution in [0.3, 0.4) is 0 Å². The molecule has 2 fully saturated rings. The molecule has 3 aromatic rings. The smallest absolute Gasteiger partial charge is 0.435 e. The van der Waals surface area contributed by atoms with Gasteiger partial charge in [0.1, 0.15) is 6.33 Å². The van der Waals surface area contributed by atoms with Crippen molar-refractivity contribution in [2.75, 3.05) is 39.3 Å². The number of methoxy groups -OCH3 is 2. The zero-order chi connectivity index (χ0) is 27.0. The topological polar surface area (TPSA) is 104 Å². The van der Waals surface area contributed by atoms with Crippen LogP contribution in [-0.4, -0.2) is 59.8 Å². The molecule has 0 bridgehead atoms. The van der Waals surface area contributed by atoms with Crippen LogP contribution in [0.15, 0.2) is 47.2 Å². The van der Waals surface area contributed by atoms with E-state index >= 15 is 0 Å². The fourth-order valence-corrected chi connectivity index (χ4v) is 4.71. The minimum absolute atomic E-state index is 0.00432. The molecule has 38 heavy (non-hydrogen) atoms. The van der Waals surface area contributed by atoms with Gasteiger partial charge in [0.25, 0.3) is 0 Å². The first-order chi connectivity index (χ1) is 18.2. The lowest BCUT2D eigenvalue weighted by atomic mass is 9.95. The van der Waals surface area contributed by atoms with Gasteiger partial charge in [0.2, 0.25) is 11.8 Å². The van der Waals surface area contributed by atoms with Crippen molar-refractivity contribution in [2.45, 2.75) is 31.4 Å². The summed E-state index contributed by atoms with van der Waals surface area (Å²) < 4.78 is 51.3. The van der Waals surface area contributed by atoms with Gasteiger partial charge in [-0.1, -0.05) is 0 Å². The fraction of sp³-hybridized carbons (Fsp3) is 0.385. The van der Waals surface area contributed by atoms with Gasteiger partial charge < -0.3 is 20.1 Å². The van der Waals surface area contributed by atoms with Crippen LogP contribution in [-0.2, 0) is 6.18 Å². The zero-order valence-corrected chi connectivity index (χ0v) is 21.3. The van der Waals surface area contributed by atoms with E-state index in [0.717, 1.165) is 51.8 Å². The van der Waals surface area contributed by atoms with Crippen molar-refractivity contribution in [3.8, 4) is 17.4 Å². The van der Waals surface area contributed by atoms with Crippen LogP contribution >= 0.6 is 0 Å². The van der Waals surface area contributed by atoms with E-state index in [2.05, 4.69) is 25.0 Å². The minimum Gasteiger partial charge on any atom is -0.481 e. The van der Waals surface area contributed by atoms with Crippen molar-refractivity contribution in [3.05, 3.63) is 59.2 Å². The number of nitrogens with zero attached hydrogens (tertiary/aromatic N) is 6. The monoisotopic (exact) mass is 527 g/mol. The highest BCUT2D eigenvalue weighted by atomic mass is 19.4. The number of anilines is 1. The molecule has 200 valence electrons. The van der Waals surface area contributed by atoms with Crippen LogP contribution in [0.25, 0.3) is 11.4 Å². The van der Waals surface area contributed by atoms with E-state index in [1.165, 1.54) is 13.4 Å². The second kappa shape index (κ2) is 9.99. The van der Waals surface area contributed by atoms with Gasteiger partial charge in [-0.25, -0.2) is 14.6 Å². The lowest BCUT2D eigenvalue weighted by Gasteiger charge is -2.33. The Balaban J connectivity index is 1.47. The first-order valence-corrected chi connectivity index (χ1v) is 12.2. The first kappa shape index (κ1) is 25.6. The molecule has 0 amide bonds. The first-order valence-electron chi connectivity index (χ1n) is 12.2. The molecule has 3 heterocycles. The summed E-state index contributed by atoms with van der Waals surface area (Å²) in [5.74, 6) is 0.776. The van der Waals surface area contributed by atoms with E-state index in [4.69, 9.17) is 15.2 Å². The summed E-state index contributed by atoms with van der Waals surface area (Å²) in [4.78, 5) is 15.5. The maximum atomic E-state index is 13.2. The normalized spacial score (nSPS) is 18.6. The van der Waals surface area contributed by atoms with E-state index in [0.29, 0.717) is 42.7 Å². The summed E-state index contributed by atoms with van der Waals surface area (Å²) in [6.07, 6.45) is -0.295. The largest absolute Gasteiger partial charge is 0.481 e. The van der Waals surface area contributed by atoms with Crippen molar-refractivity contribution < 1.29 is 22.6 Å². The summed E-state index contributed by atoms with van der Waals surface area (Å²) in [6, 6.07) is 7.98. The highest BCUT2D eigenvalue weighted by molar-refractivity contribution is 6.08. The van der Waals surface area contributed by atoms with Gasteiger partial charge in [-0.05, 0) is 37.1 Å². The van der Waals surface area contributed by atoms with Crippen LogP contribution in [0.5, 0.6) is 11.8 Å². The Morgan fingerprint density at radius 1 is 1.08 bits per heavy atom. The molecule has 1 aliphatic heterocycles. The van der Waals surface area contributed by atoms with Crippen LogP contribution in [0.4, 0.5) is 18.9 Å². The van der Waals surface area contributed by atoms with Crippen molar-refractivity contribution in [3.63, 3.8) is 0 Å². The van der Waals surface area contributed by atoms with Gasteiger partial charge in [0, 0.05) is 55.5 Å². The van der Waals surface area contributed by atoms with Crippen LogP contribution in [0.1, 0.15) is 42.1 Å². The Morgan fingerprint density at radius 3 is 2.39 bits per heavy atom. The highest BCUT2D eigenvalue weighted by Gasteiger charge is 2.36. The Morgan fingerprint density at radius 2 is 1.79 bits per heavy atom. The van der Waals surface area contributed by atoms with E-state index < -0.39 is 11.9 Å². The maximum absolute atomic E-state index is 13.2. The number of nitrogens with two attached hydrogens (primary N) is 1. The minimum atomic E-state index is -4.57. The van der Waals surface area contributed by atoms with E-state index in [-0.39, 0.29) is 5.88 Å². The number of ether oxygens (including phenoxy) is 2. The molecule has 1 saturated heterocycles. The summed E-state index contributed by atoms with van der Waals surface area (Å²) in [5.41, 5.74) is 11.0. The number of piperidine rings is 1. The maximum Gasteiger partial charge on any atom is 0.435 e. The molecule has 2 N–H and O–H groups in total. The second-order valence-corrected chi connectivity index (χ2v) is 9.15. The molecule has 0 spiro atoms. The van der Waals surface area contributed by atoms with Gasteiger partial charge in [-0.15, -0.1) is 0 Å². The Kier molecular flexibility index (Phi) is 6.72. The number of rotatable bonds is 6. The van der Waals surface area contributed by atoms with E-state index in [9.17, 15) is 13.2 Å². The molecule has 2 aliphatic rings. The number of aliphatic imine (C=N–C) groups is 1. The Labute approximate surface area is 217 Å². The quantitative estimate of drug-likeness (QED) is 0.512. The Bertz CT molecular complexity index is 1390. The predicted molar refractivity (Wildman–Crippen MR) is 137 cm³/mol. The van der Waals surface area contributed by atoms with Gasteiger partial charge in [-0.2, -0.15) is 18.3 Å². The zero-order valence-electron chi connectivity index (χ0n) is 21.3. The van der Waals surface area contributed by atoms with Gasteiger partial charge in [-0.3, -0.25) is 4.99 Å². The predicted octanol–water partition coefficient (Wildman–Crippen LogP) is 4.23. The van der Waals surface area contributed by atoms with Crippen molar-refractivity contribution in [1.82, 2.24) is 19.7 Å². The number of aromatic nitrogens is 4. The third-order valence-electron chi connectivity index (χ3n) is 6.82. The third-order valence-corrected chi connectivity index (χ3v) is 6.82. The lowest BCUT2D eigenvalue weighted by molar-refractivity contribution is -0.141. The van der Waals surface area contributed by atoms with Crippen molar-refractivity contribution >= 4 is 17.1 Å². The van der Waals surface area contributed by atoms with Gasteiger partial charge in [0.05, 0.1) is 36.9 Å². The number of halogens is 3. The summed E-state index contributed by atoms with van der Waals surface area (Å²) in [6.45, 7) is 1.19. The summed E-state index contributed by atoms with van der Waals surface area (Å²) in [5, 5.41) is 3.69. The SMILES string of the molecule is CN=C1CCN(c2ccc(-n3nc(C(F)(F)F)cc3OC)cc2)C/C1=C(/N)c1c(OC)ncnc1C1CC1. The molecule has 1 aromatic carbocycles. The summed E-state index contributed by atoms with van der Waals surface area (Å²) in [7, 11) is 4.62. The van der Waals surface area contributed by atoms with Crippen LogP contribution in [0, 0.1) is 0 Å². The Hall–Kier alpha value is -4.09. The molecular weight excluding hydrogens is 499 g/mol. The molecule has 0 unspecified atom stereocenters. The second-order valence-electron chi connectivity index (χ2n) is 9.15. The van der Waals surface area contributed by atoms with Gasteiger partial charge in [0.15, 0.2) is 5.69 Å². The molecule has 12 heteroatoms. The molecule has 1 aliphatic carbocycles. The molecule has 1 saturated carbocycles. The average molecular weight is 528 g/mol. The molecule has 0 radical (unpaired) electrons. The fourth-order valence-electron chi connectivity index (χ4n) is 4.71. The summed E-state index contributed by atoms with van der Waals surface area (Å²) >= 11 is 0. The van der Waals surface area contributed by atoms with E-state index in [1.54, 1.807) is 26.3 Å².